The molecule has 0 aromatic heterocycles. The first-order valence-electron chi connectivity index (χ1n) is 5.84. The summed E-state index contributed by atoms with van der Waals surface area (Å²) in [6, 6.07) is 10.5. The number of ether oxygens (including phenoxy) is 2. The summed E-state index contributed by atoms with van der Waals surface area (Å²) >= 11 is 12.0. The summed E-state index contributed by atoms with van der Waals surface area (Å²) in [4.78, 5) is 11.1. The van der Waals surface area contributed by atoms with E-state index in [9.17, 15) is 4.79 Å². The SMILES string of the molecule is COc1cc(Cl)cc(C=O)c1OCc1ccccc1Cl. The lowest BCUT2D eigenvalue weighted by Gasteiger charge is -2.13. The second-order valence-electron chi connectivity index (χ2n) is 4.02. The molecule has 0 heterocycles. The maximum Gasteiger partial charge on any atom is 0.172 e. The molecule has 0 bridgehead atoms. The predicted molar refractivity (Wildman–Crippen MR) is 79.2 cm³/mol. The Morgan fingerprint density at radius 1 is 1.20 bits per heavy atom. The number of benzene rings is 2. The summed E-state index contributed by atoms with van der Waals surface area (Å²) in [6.07, 6.45) is 0.677. The van der Waals surface area contributed by atoms with E-state index in [2.05, 4.69) is 0 Å². The fourth-order valence-corrected chi connectivity index (χ4v) is 2.15. The van der Waals surface area contributed by atoms with Gasteiger partial charge in [-0.1, -0.05) is 41.4 Å². The summed E-state index contributed by atoms with van der Waals surface area (Å²) in [7, 11) is 1.49. The molecule has 0 unspecified atom stereocenters. The van der Waals surface area contributed by atoms with Gasteiger partial charge in [0, 0.05) is 21.7 Å². The quantitative estimate of drug-likeness (QED) is 0.768. The molecule has 0 radical (unpaired) electrons. The van der Waals surface area contributed by atoms with Crippen molar-refractivity contribution in [3.63, 3.8) is 0 Å². The monoisotopic (exact) mass is 310 g/mol. The normalized spacial score (nSPS) is 10.2. The maximum absolute atomic E-state index is 11.1. The van der Waals surface area contributed by atoms with Gasteiger partial charge in [-0.2, -0.15) is 0 Å². The molecule has 0 spiro atoms. The molecule has 2 rings (SSSR count). The zero-order valence-corrected chi connectivity index (χ0v) is 12.2. The average Bonchev–Trinajstić information content (AvgIpc) is 2.46. The van der Waals surface area contributed by atoms with Gasteiger partial charge in [-0.15, -0.1) is 0 Å². The molecular weight excluding hydrogens is 299 g/mol. The van der Waals surface area contributed by atoms with Gasteiger partial charge < -0.3 is 9.47 Å². The molecule has 0 saturated carbocycles. The fourth-order valence-electron chi connectivity index (χ4n) is 1.75. The zero-order valence-electron chi connectivity index (χ0n) is 10.7. The molecule has 2 aromatic rings. The molecule has 2 aromatic carbocycles. The number of hydrogen-bond acceptors (Lipinski definition) is 3. The number of carbonyl (C=O) groups is 1. The molecular formula is C15H12Cl2O3. The van der Waals surface area contributed by atoms with Crippen molar-refractivity contribution in [1.82, 2.24) is 0 Å². The maximum atomic E-state index is 11.1. The minimum absolute atomic E-state index is 0.235. The second-order valence-corrected chi connectivity index (χ2v) is 4.87. The van der Waals surface area contributed by atoms with Gasteiger partial charge in [0.2, 0.25) is 0 Å². The predicted octanol–water partition coefficient (Wildman–Crippen LogP) is 4.39. The highest BCUT2D eigenvalue weighted by molar-refractivity contribution is 6.31. The molecule has 3 nitrogen and oxygen atoms in total. The van der Waals surface area contributed by atoms with Crippen LogP contribution in [0.3, 0.4) is 0 Å². The molecule has 20 heavy (non-hydrogen) atoms. The van der Waals surface area contributed by atoms with Crippen LogP contribution in [0.2, 0.25) is 10.0 Å². The van der Waals surface area contributed by atoms with Crippen LogP contribution in [0.25, 0.3) is 0 Å². The molecule has 104 valence electrons. The van der Waals surface area contributed by atoms with Crippen LogP contribution in [0.4, 0.5) is 0 Å². The van der Waals surface area contributed by atoms with Crippen molar-refractivity contribution in [3.8, 4) is 11.5 Å². The van der Waals surface area contributed by atoms with E-state index in [-0.39, 0.29) is 6.61 Å². The van der Waals surface area contributed by atoms with Gasteiger partial charge in [0.05, 0.1) is 12.7 Å². The van der Waals surface area contributed by atoms with E-state index in [1.165, 1.54) is 13.2 Å². The largest absolute Gasteiger partial charge is 0.493 e. The Morgan fingerprint density at radius 2 is 1.95 bits per heavy atom. The lowest BCUT2D eigenvalue weighted by Crippen LogP contribution is -2.01. The highest BCUT2D eigenvalue weighted by Crippen LogP contribution is 2.34. The third kappa shape index (κ3) is 3.24. The van der Waals surface area contributed by atoms with E-state index in [4.69, 9.17) is 32.7 Å². The highest BCUT2D eigenvalue weighted by atomic mass is 35.5. The number of methoxy groups -OCH3 is 1. The summed E-state index contributed by atoms with van der Waals surface area (Å²) in [6.45, 7) is 0.235. The molecule has 0 amide bonds. The third-order valence-corrected chi connectivity index (χ3v) is 3.31. The van der Waals surface area contributed by atoms with E-state index in [0.717, 1.165) is 5.56 Å². The Morgan fingerprint density at radius 3 is 2.60 bits per heavy atom. The summed E-state index contributed by atoms with van der Waals surface area (Å²) in [5.41, 5.74) is 1.16. The van der Waals surface area contributed by atoms with Crippen LogP contribution in [-0.2, 0) is 6.61 Å². The Labute approximate surface area is 127 Å². The van der Waals surface area contributed by atoms with Crippen LogP contribution in [0.1, 0.15) is 15.9 Å². The molecule has 0 fully saturated rings. The topological polar surface area (TPSA) is 35.5 Å². The van der Waals surface area contributed by atoms with E-state index < -0.39 is 0 Å². The first-order chi connectivity index (χ1) is 9.65. The minimum atomic E-state index is 0.235. The van der Waals surface area contributed by atoms with Crippen LogP contribution in [0, 0.1) is 0 Å². The van der Waals surface area contributed by atoms with Crippen LogP contribution in [0.15, 0.2) is 36.4 Å². The lowest BCUT2D eigenvalue weighted by atomic mass is 10.2. The molecule has 0 saturated heterocycles. The van der Waals surface area contributed by atoms with Crippen molar-refractivity contribution in [2.45, 2.75) is 6.61 Å². The number of rotatable bonds is 5. The summed E-state index contributed by atoms with van der Waals surface area (Å²) in [5, 5.41) is 1.02. The number of carbonyl (C=O) groups excluding carboxylic acids is 1. The van der Waals surface area contributed by atoms with Crippen LogP contribution >= 0.6 is 23.2 Å². The van der Waals surface area contributed by atoms with Gasteiger partial charge in [-0.3, -0.25) is 4.79 Å². The fraction of sp³-hybridized carbons (Fsp3) is 0.133. The Hall–Kier alpha value is -1.71. The van der Waals surface area contributed by atoms with Gasteiger partial charge in [-0.25, -0.2) is 0 Å². The summed E-state index contributed by atoms with van der Waals surface area (Å²) in [5.74, 6) is 0.762. The van der Waals surface area contributed by atoms with E-state index >= 15 is 0 Å². The van der Waals surface area contributed by atoms with Gasteiger partial charge in [0.15, 0.2) is 17.8 Å². The molecule has 5 heteroatoms. The zero-order chi connectivity index (χ0) is 14.5. The van der Waals surface area contributed by atoms with Crippen LogP contribution in [0.5, 0.6) is 11.5 Å². The number of hydrogen-bond donors (Lipinski definition) is 0. The minimum Gasteiger partial charge on any atom is -0.493 e. The first-order valence-corrected chi connectivity index (χ1v) is 6.60. The Kier molecular flexibility index (Phi) is 4.88. The average molecular weight is 311 g/mol. The van der Waals surface area contributed by atoms with Crippen molar-refractivity contribution >= 4 is 29.5 Å². The second kappa shape index (κ2) is 6.64. The Bertz CT molecular complexity index is 627. The molecule has 0 aliphatic carbocycles. The van der Waals surface area contributed by atoms with Crippen LogP contribution < -0.4 is 9.47 Å². The van der Waals surface area contributed by atoms with Crippen molar-refractivity contribution < 1.29 is 14.3 Å². The number of halogens is 2. The Balaban J connectivity index is 2.29. The molecule has 0 aliphatic rings. The van der Waals surface area contributed by atoms with Gasteiger partial charge in [-0.05, 0) is 12.1 Å². The first kappa shape index (κ1) is 14.7. The van der Waals surface area contributed by atoms with E-state index in [1.807, 2.05) is 18.2 Å². The van der Waals surface area contributed by atoms with Gasteiger partial charge in [0.1, 0.15) is 6.61 Å². The van der Waals surface area contributed by atoms with Crippen molar-refractivity contribution in [2.75, 3.05) is 7.11 Å². The van der Waals surface area contributed by atoms with Gasteiger partial charge in [0.25, 0.3) is 0 Å². The van der Waals surface area contributed by atoms with Crippen molar-refractivity contribution in [3.05, 3.63) is 57.6 Å². The lowest BCUT2D eigenvalue weighted by molar-refractivity contribution is 0.111. The van der Waals surface area contributed by atoms with Crippen molar-refractivity contribution in [2.24, 2.45) is 0 Å². The molecule has 0 N–H and O–H groups in total. The van der Waals surface area contributed by atoms with Crippen molar-refractivity contribution in [1.29, 1.82) is 0 Å². The third-order valence-electron chi connectivity index (χ3n) is 2.73. The number of aldehydes is 1. The molecule has 0 aliphatic heterocycles. The smallest absolute Gasteiger partial charge is 0.172 e. The van der Waals surface area contributed by atoms with Gasteiger partial charge >= 0.3 is 0 Å². The van der Waals surface area contributed by atoms with Crippen LogP contribution in [-0.4, -0.2) is 13.4 Å². The van der Waals surface area contributed by atoms with E-state index in [1.54, 1.807) is 12.1 Å². The standard InChI is InChI=1S/C15H12Cl2O3/c1-19-14-7-12(16)6-11(8-18)15(14)20-9-10-4-2-3-5-13(10)17/h2-8H,9H2,1H3. The molecule has 0 atom stereocenters. The highest BCUT2D eigenvalue weighted by Gasteiger charge is 2.13. The van der Waals surface area contributed by atoms with E-state index in [0.29, 0.717) is 33.4 Å². The summed E-state index contributed by atoms with van der Waals surface area (Å²) < 4.78 is 10.9.